The van der Waals surface area contributed by atoms with Gasteiger partial charge in [0.25, 0.3) is 5.56 Å². The second-order valence-corrected chi connectivity index (χ2v) is 8.95. The second-order valence-electron chi connectivity index (χ2n) is 8.95. The van der Waals surface area contributed by atoms with Gasteiger partial charge in [-0.25, -0.2) is 9.20 Å². The van der Waals surface area contributed by atoms with E-state index in [1.54, 1.807) is 30.8 Å². The Morgan fingerprint density at radius 1 is 1.06 bits per heavy atom. The van der Waals surface area contributed by atoms with E-state index in [0.717, 1.165) is 53.8 Å². The van der Waals surface area contributed by atoms with Crippen LogP contribution in [0, 0.1) is 13.8 Å². The van der Waals surface area contributed by atoms with Crippen LogP contribution < -0.4 is 15.6 Å². The van der Waals surface area contributed by atoms with Crippen molar-refractivity contribution in [2.24, 2.45) is 7.05 Å². The minimum Gasteiger partial charge on any atom is -0.488 e. The Morgan fingerprint density at radius 3 is 2.59 bits per heavy atom. The third kappa shape index (κ3) is 4.51. The molecule has 4 aromatic rings. The average Bonchev–Trinajstić information content (AvgIpc) is 3.21. The summed E-state index contributed by atoms with van der Waals surface area (Å²) in [6.45, 7) is 3.72. The van der Waals surface area contributed by atoms with Gasteiger partial charge in [-0.2, -0.15) is 10.2 Å². The van der Waals surface area contributed by atoms with E-state index < -0.39 is 0 Å². The van der Waals surface area contributed by atoms with E-state index in [9.17, 15) is 9.90 Å². The molecule has 0 bridgehead atoms. The Morgan fingerprint density at radius 2 is 1.82 bits per heavy atom. The van der Waals surface area contributed by atoms with Crippen LogP contribution in [0.3, 0.4) is 0 Å². The van der Waals surface area contributed by atoms with Crippen molar-refractivity contribution < 1.29 is 9.84 Å². The van der Waals surface area contributed by atoms with E-state index in [2.05, 4.69) is 26.6 Å². The van der Waals surface area contributed by atoms with Crippen molar-refractivity contribution in [3.8, 4) is 16.9 Å². The lowest BCUT2D eigenvalue weighted by atomic mass is 9.95. The van der Waals surface area contributed by atoms with Crippen molar-refractivity contribution in [3.05, 3.63) is 64.3 Å². The van der Waals surface area contributed by atoms with Gasteiger partial charge in [0, 0.05) is 36.1 Å². The molecule has 1 aliphatic carbocycles. The summed E-state index contributed by atoms with van der Waals surface area (Å²) in [6, 6.07) is 9.74. The van der Waals surface area contributed by atoms with Crippen LogP contribution in [0.25, 0.3) is 16.6 Å². The zero-order valence-corrected chi connectivity index (χ0v) is 19.5. The summed E-state index contributed by atoms with van der Waals surface area (Å²) in [5.74, 6) is 1.94. The van der Waals surface area contributed by atoms with E-state index in [0.29, 0.717) is 17.2 Å². The van der Waals surface area contributed by atoms with Crippen LogP contribution in [-0.4, -0.2) is 41.7 Å². The van der Waals surface area contributed by atoms with E-state index in [4.69, 9.17) is 4.74 Å². The van der Waals surface area contributed by atoms with Gasteiger partial charge in [-0.05, 0) is 69.4 Å². The normalized spacial score (nSPS) is 18.2. The number of aryl methyl sites for hydroxylation is 3. The lowest BCUT2D eigenvalue weighted by Gasteiger charge is -2.27. The number of rotatable bonds is 5. The van der Waals surface area contributed by atoms with Crippen LogP contribution >= 0.6 is 0 Å². The van der Waals surface area contributed by atoms with E-state index in [-0.39, 0.29) is 17.8 Å². The number of nitrogens with zero attached hydrogens (tertiary/aromatic N) is 5. The van der Waals surface area contributed by atoms with E-state index in [1.807, 2.05) is 31.3 Å². The molecule has 1 saturated carbocycles. The molecule has 0 amide bonds. The highest BCUT2D eigenvalue weighted by Crippen LogP contribution is 2.34. The van der Waals surface area contributed by atoms with Crippen molar-refractivity contribution in [3.63, 3.8) is 0 Å². The maximum Gasteiger partial charge on any atom is 0.269 e. The van der Waals surface area contributed by atoms with Gasteiger partial charge in [0.1, 0.15) is 5.75 Å². The summed E-state index contributed by atoms with van der Waals surface area (Å²) in [5.41, 5.74) is 4.29. The molecule has 1 aliphatic rings. The Hall–Kier alpha value is -3.72. The van der Waals surface area contributed by atoms with Gasteiger partial charge in [-0.3, -0.25) is 9.78 Å². The van der Waals surface area contributed by atoms with Gasteiger partial charge >= 0.3 is 0 Å². The highest BCUT2D eigenvalue weighted by atomic mass is 16.5. The monoisotopic (exact) mass is 460 g/mol. The lowest BCUT2D eigenvalue weighted by molar-refractivity contribution is 0.0667. The first-order valence-electron chi connectivity index (χ1n) is 11.5. The molecule has 1 fully saturated rings. The van der Waals surface area contributed by atoms with Crippen LogP contribution in [-0.2, 0) is 7.05 Å². The number of fused-ring (bicyclic) bond motifs is 1. The van der Waals surface area contributed by atoms with Crippen molar-refractivity contribution in [2.45, 2.75) is 51.7 Å². The highest BCUT2D eigenvalue weighted by molar-refractivity contribution is 5.75. The standard InChI is InChI=1S/C25H28N6O3/c1-15-10-23(28-30(3)25(15)33)27-24-13-18-12-17(8-9-31(18)29-24)21-11-16(2)26-14-22(21)34-20-6-4-19(32)5-7-20/h8-14,19-20,32H,4-7H2,1-3H3,(H,27,28,29)/t19-,20-. The van der Waals surface area contributed by atoms with Gasteiger partial charge in [0.2, 0.25) is 0 Å². The average molecular weight is 461 g/mol. The van der Waals surface area contributed by atoms with Crippen LogP contribution in [0.15, 0.2) is 47.5 Å². The molecule has 4 heterocycles. The predicted octanol–water partition coefficient (Wildman–Crippen LogP) is 3.53. The summed E-state index contributed by atoms with van der Waals surface area (Å²) in [6.07, 6.45) is 6.76. The van der Waals surface area contributed by atoms with Crippen LogP contribution in [0.1, 0.15) is 36.9 Å². The number of anilines is 2. The molecule has 0 atom stereocenters. The minimum atomic E-state index is -0.220. The lowest BCUT2D eigenvalue weighted by Crippen LogP contribution is -2.26. The summed E-state index contributed by atoms with van der Waals surface area (Å²) in [5, 5.41) is 21.8. The molecule has 176 valence electrons. The fourth-order valence-corrected chi connectivity index (χ4v) is 4.38. The fourth-order valence-electron chi connectivity index (χ4n) is 4.38. The van der Waals surface area contributed by atoms with Gasteiger partial charge in [0.05, 0.1) is 23.9 Å². The molecule has 9 nitrogen and oxygen atoms in total. The third-order valence-corrected chi connectivity index (χ3v) is 6.21. The minimum absolute atomic E-state index is 0.0824. The Bertz CT molecular complexity index is 1380. The van der Waals surface area contributed by atoms with E-state index in [1.165, 1.54) is 4.68 Å². The molecule has 9 heteroatoms. The molecule has 0 spiro atoms. The Labute approximate surface area is 197 Å². The first kappa shape index (κ1) is 22.1. The summed E-state index contributed by atoms with van der Waals surface area (Å²) < 4.78 is 9.43. The predicted molar refractivity (Wildman–Crippen MR) is 130 cm³/mol. The first-order chi connectivity index (χ1) is 16.4. The van der Waals surface area contributed by atoms with Gasteiger partial charge < -0.3 is 15.2 Å². The number of hydrogen-bond donors (Lipinski definition) is 2. The molecule has 4 aromatic heterocycles. The smallest absolute Gasteiger partial charge is 0.269 e. The topological polar surface area (TPSA) is 107 Å². The highest BCUT2D eigenvalue weighted by Gasteiger charge is 2.22. The second kappa shape index (κ2) is 8.90. The number of aliphatic hydroxyl groups is 1. The molecular formula is C25H28N6O3. The summed E-state index contributed by atoms with van der Waals surface area (Å²) in [4.78, 5) is 16.4. The number of hydrogen-bond acceptors (Lipinski definition) is 7. The summed E-state index contributed by atoms with van der Waals surface area (Å²) >= 11 is 0. The van der Waals surface area contributed by atoms with Crippen LogP contribution in [0.2, 0.25) is 0 Å². The fraction of sp³-hybridized carbons (Fsp3) is 0.360. The molecule has 5 rings (SSSR count). The molecule has 34 heavy (non-hydrogen) atoms. The zero-order valence-electron chi connectivity index (χ0n) is 19.5. The molecule has 0 radical (unpaired) electrons. The van der Waals surface area contributed by atoms with Crippen molar-refractivity contribution in [1.29, 1.82) is 0 Å². The number of ether oxygens (including phenoxy) is 1. The van der Waals surface area contributed by atoms with Gasteiger partial charge in [0.15, 0.2) is 11.6 Å². The molecule has 0 unspecified atom stereocenters. The van der Waals surface area contributed by atoms with Crippen LogP contribution in [0.5, 0.6) is 5.75 Å². The molecule has 0 aliphatic heterocycles. The van der Waals surface area contributed by atoms with Gasteiger partial charge in [-0.15, -0.1) is 0 Å². The molecule has 2 N–H and O–H groups in total. The van der Waals surface area contributed by atoms with Crippen molar-refractivity contribution in [1.82, 2.24) is 24.4 Å². The van der Waals surface area contributed by atoms with E-state index >= 15 is 0 Å². The SMILES string of the molecule is Cc1cc(-c2ccn3nc(Nc4cc(C)c(=O)n(C)n4)cc3c2)c(O[C@H]2CC[C@H](O)CC2)cn1. The number of aliphatic hydroxyl groups excluding tert-OH is 1. The first-order valence-corrected chi connectivity index (χ1v) is 11.5. The maximum atomic E-state index is 11.9. The summed E-state index contributed by atoms with van der Waals surface area (Å²) in [7, 11) is 1.63. The molecule has 0 aromatic carbocycles. The van der Waals surface area contributed by atoms with Crippen molar-refractivity contribution in [2.75, 3.05) is 5.32 Å². The Kier molecular flexibility index (Phi) is 5.79. The number of nitrogens with one attached hydrogen (secondary N) is 1. The third-order valence-electron chi connectivity index (χ3n) is 6.21. The number of aromatic nitrogens is 5. The maximum absolute atomic E-state index is 11.9. The molecule has 0 saturated heterocycles. The van der Waals surface area contributed by atoms with Gasteiger partial charge in [-0.1, -0.05) is 0 Å². The zero-order chi connectivity index (χ0) is 23.8. The van der Waals surface area contributed by atoms with Crippen molar-refractivity contribution >= 4 is 17.2 Å². The number of pyridine rings is 2. The quantitative estimate of drug-likeness (QED) is 0.469. The Balaban J connectivity index is 1.44. The van der Waals surface area contributed by atoms with Crippen LogP contribution in [0.4, 0.5) is 11.6 Å². The largest absolute Gasteiger partial charge is 0.488 e. The molecular weight excluding hydrogens is 432 g/mol.